The SMILES string of the molecule is CCCNC(C)CCCc1cccc(F)c1Br. The second kappa shape index (κ2) is 7.83. The van der Waals surface area contributed by atoms with Crippen LogP contribution < -0.4 is 5.32 Å². The van der Waals surface area contributed by atoms with Crippen LogP contribution in [-0.4, -0.2) is 12.6 Å². The van der Waals surface area contributed by atoms with Crippen LogP contribution in [-0.2, 0) is 6.42 Å². The van der Waals surface area contributed by atoms with Crippen molar-refractivity contribution in [3.05, 3.63) is 34.1 Å². The zero-order chi connectivity index (χ0) is 12.7. The highest BCUT2D eigenvalue weighted by Crippen LogP contribution is 2.22. The lowest BCUT2D eigenvalue weighted by Gasteiger charge is -2.13. The molecule has 3 heteroatoms. The van der Waals surface area contributed by atoms with Crippen LogP contribution in [0.1, 0.15) is 38.7 Å². The highest BCUT2D eigenvalue weighted by Gasteiger charge is 2.06. The molecule has 0 aromatic heterocycles. The summed E-state index contributed by atoms with van der Waals surface area (Å²) in [5, 5.41) is 3.46. The molecule has 1 nitrogen and oxygen atoms in total. The summed E-state index contributed by atoms with van der Waals surface area (Å²) in [6, 6.07) is 5.78. The van der Waals surface area contributed by atoms with E-state index in [2.05, 4.69) is 35.1 Å². The van der Waals surface area contributed by atoms with E-state index in [1.165, 1.54) is 12.5 Å². The summed E-state index contributed by atoms with van der Waals surface area (Å²) in [7, 11) is 0. The third-order valence-corrected chi connectivity index (χ3v) is 3.75. The fourth-order valence-corrected chi connectivity index (χ4v) is 2.30. The Bertz CT molecular complexity index is 341. The smallest absolute Gasteiger partial charge is 0.137 e. The molecule has 1 N–H and O–H groups in total. The van der Waals surface area contributed by atoms with Crippen LogP contribution in [0.2, 0.25) is 0 Å². The van der Waals surface area contributed by atoms with E-state index in [1.54, 1.807) is 6.07 Å². The number of halogens is 2. The number of nitrogens with one attached hydrogen (secondary N) is 1. The van der Waals surface area contributed by atoms with Crippen molar-refractivity contribution in [1.29, 1.82) is 0 Å². The van der Waals surface area contributed by atoms with Gasteiger partial charge in [0.15, 0.2) is 0 Å². The number of aryl methyl sites for hydroxylation is 1. The quantitative estimate of drug-likeness (QED) is 0.792. The van der Waals surface area contributed by atoms with E-state index >= 15 is 0 Å². The van der Waals surface area contributed by atoms with E-state index in [1.807, 2.05) is 6.07 Å². The van der Waals surface area contributed by atoms with E-state index in [9.17, 15) is 4.39 Å². The van der Waals surface area contributed by atoms with Crippen LogP contribution >= 0.6 is 15.9 Å². The van der Waals surface area contributed by atoms with E-state index in [0.29, 0.717) is 10.5 Å². The standard InChI is InChI=1S/C14H21BrFN/c1-3-10-17-11(2)6-4-7-12-8-5-9-13(16)14(12)15/h5,8-9,11,17H,3-4,6-7,10H2,1-2H3. The van der Waals surface area contributed by atoms with Gasteiger partial charge >= 0.3 is 0 Å². The normalized spacial score (nSPS) is 12.7. The molecule has 96 valence electrons. The van der Waals surface area contributed by atoms with Gasteiger partial charge in [0.2, 0.25) is 0 Å². The number of hydrogen-bond acceptors (Lipinski definition) is 1. The Kier molecular flexibility index (Phi) is 6.75. The van der Waals surface area contributed by atoms with Gasteiger partial charge in [-0.2, -0.15) is 0 Å². The largest absolute Gasteiger partial charge is 0.314 e. The van der Waals surface area contributed by atoms with Crippen LogP contribution in [0.4, 0.5) is 4.39 Å². The molecule has 1 aromatic rings. The summed E-state index contributed by atoms with van der Waals surface area (Å²) in [6.07, 6.45) is 4.30. The minimum absolute atomic E-state index is 0.167. The predicted octanol–water partition coefficient (Wildman–Crippen LogP) is 4.30. The maximum atomic E-state index is 13.3. The molecule has 0 aliphatic heterocycles. The predicted molar refractivity (Wildman–Crippen MR) is 74.8 cm³/mol. The molecular formula is C14H21BrFN. The lowest BCUT2D eigenvalue weighted by atomic mass is 10.1. The summed E-state index contributed by atoms with van der Waals surface area (Å²) < 4.78 is 13.9. The van der Waals surface area contributed by atoms with Crippen molar-refractivity contribution in [3.8, 4) is 0 Å². The van der Waals surface area contributed by atoms with Gasteiger partial charge in [0.05, 0.1) is 4.47 Å². The lowest BCUT2D eigenvalue weighted by molar-refractivity contribution is 0.497. The maximum Gasteiger partial charge on any atom is 0.137 e. The maximum absolute atomic E-state index is 13.3. The van der Waals surface area contributed by atoms with Gasteiger partial charge in [0.25, 0.3) is 0 Å². The van der Waals surface area contributed by atoms with Crippen molar-refractivity contribution < 1.29 is 4.39 Å². The highest BCUT2D eigenvalue weighted by atomic mass is 79.9. The Morgan fingerprint density at radius 3 is 2.88 bits per heavy atom. The first-order valence-electron chi connectivity index (χ1n) is 6.31. The summed E-state index contributed by atoms with van der Waals surface area (Å²) in [4.78, 5) is 0. The first-order valence-corrected chi connectivity index (χ1v) is 7.10. The summed E-state index contributed by atoms with van der Waals surface area (Å²) in [5.41, 5.74) is 1.06. The average Bonchev–Trinajstić information content (AvgIpc) is 2.32. The van der Waals surface area contributed by atoms with Gasteiger partial charge in [-0.25, -0.2) is 4.39 Å². The first kappa shape index (κ1) is 14.7. The minimum atomic E-state index is -0.167. The molecule has 0 amide bonds. The molecule has 1 atom stereocenters. The van der Waals surface area contributed by atoms with E-state index < -0.39 is 0 Å². The highest BCUT2D eigenvalue weighted by molar-refractivity contribution is 9.10. The summed E-state index contributed by atoms with van der Waals surface area (Å²) in [6.45, 7) is 5.45. The van der Waals surface area contributed by atoms with Gasteiger partial charge < -0.3 is 5.32 Å². The van der Waals surface area contributed by atoms with Crippen LogP contribution in [0.3, 0.4) is 0 Å². The van der Waals surface area contributed by atoms with Gasteiger partial charge in [0, 0.05) is 6.04 Å². The molecular weight excluding hydrogens is 281 g/mol. The molecule has 0 aliphatic carbocycles. The lowest BCUT2D eigenvalue weighted by Crippen LogP contribution is -2.26. The Balaban J connectivity index is 2.33. The second-order valence-electron chi connectivity index (χ2n) is 4.46. The Hall–Kier alpha value is -0.410. The van der Waals surface area contributed by atoms with Crippen LogP contribution in [0.25, 0.3) is 0 Å². The van der Waals surface area contributed by atoms with E-state index in [0.717, 1.165) is 31.4 Å². The van der Waals surface area contributed by atoms with Crippen LogP contribution in [0.5, 0.6) is 0 Å². The molecule has 1 rings (SSSR count). The summed E-state index contributed by atoms with van der Waals surface area (Å²) >= 11 is 3.30. The van der Waals surface area contributed by atoms with Gasteiger partial charge in [-0.05, 0) is 66.7 Å². The van der Waals surface area contributed by atoms with Gasteiger partial charge in [-0.15, -0.1) is 0 Å². The fraction of sp³-hybridized carbons (Fsp3) is 0.571. The minimum Gasteiger partial charge on any atom is -0.314 e. The Morgan fingerprint density at radius 1 is 1.41 bits per heavy atom. The van der Waals surface area contributed by atoms with Gasteiger partial charge in [-0.1, -0.05) is 19.1 Å². The molecule has 0 saturated carbocycles. The Morgan fingerprint density at radius 2 is 2.18 bits per heavy atom. The Labute approximate surface area is 112 Å². The van der Waals surface area contributed by atoms with E-state index in [-0.39, 0.29) is 5.82 Å². The molecule has 0 radical (unpaired) electrons. The molecule has 0 fully saturated rings. The molecule has 0 saturated heterocycles. The van der Waals surface area contributed by atoms with Gasteiger partial charge in [0.1, 0.15) is 5.82 Å². The average molecular weight is 302 g/mol. The third kappa shape index (κ3) is 5.17. The number of hydrogen-bond donors (Lipinski definition) is 1. The summed E-state index contributed by atoms with van der Waals surface area (Å²) in [5.74, 6) is -0.167. The second-order valence-corrected chi connectivity index (χ2v) is 5.25. The van der Waals surface area contributed by atoms with Gasteiger partial charge in [-0.3, -0.25) is 0 Å². The molecule has 1 unspecified atom stereocenters. The number of benzene rings is 1. The van der Waals surface area contributed by atoms with Crippen molar-refractivity contribution in [3.63, 3.8) is 0 Å². The van der Waals surface area contributed by atoms with Crippen molar-refractivity contribution in [2.45, 2.75) is 45.6 Å². The first-order chi connectivity index (χ1) is 8.15. The molecule has 0 spiro atoms. The monoisotopic (exact) mass is 301 g/mol. The van der Waals surface area contributed by atoms with Crippen LogP contribution in [0.15, 0.2) is 22.7 Å². The molecule has 0 heterocycles. The van der Waals surface area contributed by atoms with Crippen LogP contribution in [0, 0.1) is 5.82 Å². The zero-order valence-corrected chi connectivity index (χ0v) is 12.2. The number of rotatable bonds is 7. The van der Waals surface area contributed by atoms with Crippen molar-refractivity contribution in [2.75, 3.05) is 6.54 Å². The van der Waals surface area contributed by atoms with Crippen molar-refractivity contribution in [1.82, 2.24) is 5.32 Å². The van der Waals surface area contributed by atoms with Crippen molar-refractivity contribution in [2.24, 2.45) is 0 Å². The van der Waals surface area contributed by atoms with Crippen molar-refractivity contribution >= 4 is 15.9 Å². The van der Waals surface area contributed by atoms with E-state index in [4.69, 9.17) is 0 Å². The molecule has 0 aliphatic rings. The zero-order valence-electron chi connectivity index (χ0n) is 10.6. The molecule has 1 aromatic carbocycles. The molecule has 0 bridgehead atoms. The topological polar surface area (TPSA) is 12.0 Å². The fourth-order valence-electron chi connectivity index (χ4n) is 1.83. The molecule has 17 heavy (non-hydrogen) atoms. The third-order valence-electron chi connectivity index (χ3n) is 2.86.